The van der Waals surface area contributed by atoms with Crippen LogP contribution in [0, 0.1) is 5.41 Å². The number of nitrogens with one attached hydrogen (secondary N) is 1. The van der Waals surface area contributed by atoms with Crippen LogP contribution in [0.4, 0.5) is 0 Å². The minimum Gasteiger partial charge on any atom is -0.484 e. The lowest BCUT2D eigenvalue weighted by molar-refractivity contribution is -0.123. The van der Waals surface area contributed by atoms with Crippen LogP contribution in [-0.2, 0) is 4.79 Å². The van der Waals surface area contributed by atoms with Crippen LogP contribution in [0.1, 0.15) is 25.7 Å². The van der Waals surface area contributed by atoms with Crippen molar-refractivity contribution in [3.05, 3.63) is 29.3 Å². The molecule has 20 heavy (non-hydrogen) atoms. The first kappa shape index (κ1) is 15.6. The summed E-state index contributed by atoms with van der Waals surface area (Å²) in [7, 11) is 0. The molecule has 1 aliphatic carbocycles. The molecule has 0 heterocycles. The Bertz CT molecular complexity index is 461. The minimum absolute atomic E-state index is 0.0265. The zero-order valence-corrected chi connectivity index (χ0v) is 13.7. The molecule has 5 heteroatoms. The summed E-state index contributed by atoms with van der Waals surface area (Å²) >= 11 is 9.43. The van der Waals surface area contributed by atoms with E-state index < -0.39 is 0 Å². The third-order valence-corrected chi connectivity index (χ3v) is 5.20. The van der Waals surface area contributed by atoms with Gasteiger partial charge in [0.25, 0.3) is 5.91 Å². The van der Waals surface area contributed by atoms with Crippen molar-refractivity contribution >= 4 is 33.4 Å². The van der Waals surface area contributed by atoms with Crippen LogP contribution in [0.15, 0.2) is 24.3 Å². The third kappa shape index (κ3) is 4.38. The first-order chi connectivity index (χ1) is 9.63. The first-order valence-electron chi connectivity index (χ1n) is 6.85. The number of hydrogen-bond donors (Lipinski definition) is 1. The van der Waals surface area contributed by atoms with Crippen LogP contribution in [-0.4, -0.2) is 24.4 Å². The van der Waals surface area contributed by atoms with E-state index in [1.807, 2.05) is 0 Å². The van der Waals surface area contributed by atoms with E-state index in [-0.39, 0.29) is 17.9 Å². The fourth-order valence-corrected chi connectivity index (χ4v) is 3.46. The van der Waals surface area contributed by atoms with Gasteiger partial charge in [0.15, 0.2) is 6.61 Å². The Morgan fingerprint density at radius 1 is 1.40 bits per heavy atom. The van der Waals surface area contributed by atoms with E-state index >= 15 is 0 Å². The minimum atomic E-state index is -0.0859. The molecule has 1 amide bonds. The number of benzene rings is 1. The van der Waals surface area contributed by atoms with Gasteiger partial charge in [0.2, 0.25) is 0 Å². The fraction of sp³-hybridized carbons (Fsp3) is 0.533. The lowest BCUT2D eigenvalue weighted by Crippen LogP contribution is -2.39. The predicted octanol–water partition coefficient (Wildman–Crippen LogP) is 3.79. The van der Waals surface area contributed by atoms with Crippen molar-refractivity contribution in [1.82, 2.24) is 5.32 Å². The SMILES string of the molecule is O=C(COc1cccc(Cl)c1)NCC1(CBr)CCCC1. The van der Waals surface area contributed by atoms with Crippen LogP contribution < -0.4 is 10.1 Å². The zero-order valence-electron chi connectivity index (χ0n) is 11.3. The normalized spacial score (nSPS) is 16.9. The second kappa shape index (κ2) is 7.32. The third-order valence-electron chi connectivity index (χ3n) is 3.77. The maximum atomic E-state index is 11.8. The molecule has 110 valence electrons. The van der Waals surface area contributed by atoms with Crippen molar-refractivity contribution < 1.29 is 9.53 Å². The summed E-state index contributed by atoms with van der Waals surface area (Å²) < 4.78 is 5.42. The number of ether oxygens (including phenoxy) is 1. The van der Waals surface area contributed by atoms with E-state index in [4.69, 9.17) is 16.3 Å². The van der Waals surface area contributed by atoms with Gasteiger partial charge in [-0.05, 0) is 36.5 Å². The van der Waals surface area contributed by atoms with Gasteiger partial charge in [0.1, 0.15) is 5.75 Å². The molecular weight excluding hydrogens is 342 g/mol. The maximum absolute atomic E-state index is 11.8. The Labute approximate surface area is 133 Å². The molecule has 1 aromatic carbocycles. The number of halogens is 2. The second-order valence-electron chi connectivity index (χ2n) is 5.36. The number of amides is 1. The molecule has 0 radical (unpaired) electrons. The summed E-state index contributed by atoms with van der Waals surface area (Å²) in [6.45, 7) is 0.745. The van der Waals surface area contributed by atoms with Gasteiger partial charge in [-0.1, -0.05) is 46.4 Å². The Balaban J connectivity index is 1.75. The van der Waals surface area contributed by atoms with E-state index in [9.17, 15) is 4.79 Å². The number of carbonyl (C=O) groups is 1. The molecule has 0 bridgehead atoms. The summed E-state index contributed by atoms with van der Waals surface area (Å²) in [5.41, 5.74) is 0.228. The molecule has 1 aliphatic rings. The van der Waals surface area contributed by atoms with Crippen molar-refractivity contribution in [2.75, 3.05) is 18.5 Å². The standard InChI is InChI=1S/C15H19BrClNO2/c16-10-15(6-1-2-7-15)11-18-14(19)9-20-13-5-3-4-12(17)8-13/h3-5,8H,1-2,6-7,9-11H2,(H,18,19). The Morgan fingerprint density at radius 3 is 2.80 bits per heavy atom. The highest BCUT2D eigenvalue weighted by atomic mass is 79.9. The summed E-state index contributed by atoms with van der Waals surface area (Å²) in [6, 6.07) is 7.06. The summed E-state index contributed by atoms with van der Waals surface area (Å²) in [5.74, 6) is 0.529. The van der Waals surface area contributed by atoms with E-state index in [2.05, 4.69) is 21.2 Å². The molecule has 0 aliphatic heterocycles. The van der Waals surface area contributed by atoms with Crippen LogP contribution in [0.2, 0.25) is 5.02 Å². The largest absolute Gasteiger partial charge is 0.484 e. The Kier molecular flexibility index (Phi) is 5.73. The summed E-state index contributed by atoms with van der Waals surface area (Å²) in [5, 5.41) is 4.52. The van der Waals surface area contributed by atoms with Crippen molar-refractivity contribution in [2.45, 2.75) is 25.7 Å². The number of carbonyl (C=O) groups excluding carboxylic acids is 1. The average molecular weight is 361 g/mol. The highest BCUT2D eigenvalue weighted by Crippen LogP contribution is 2.38. The molecule has 0 spiro atoms. The van der Waals surface area contributed by atoms with E-state index in [1.165, 1.54) is 25.7 Å². The van der Waals surface area contributed by atoms with Gasteiger partial charge in [-0.25, -0.2) is 0 Å². The Morgan fingerprint density at radius 2 is 2.15 bits per heavy atom. The van der Waals surface area contributed by atoms with Crippen LogP contribution in [0.5, 0.6) is 5.75 Å². The van der Waals surface area contributed by atoms with Crippen LogP contribution >= 0.6 is 27.5 Å². The summed E-state index contributed by atoms with van der Waals surface area (Å²) in [6.07, 6.45) is 4.85. The van der Waals surface area contributed by atoms with Crippen LogP contribution in [0.25, 0.3) is 0 Å². The fourth-order valence-electron chi connectivity index (χ4n) is 2.53. The monoisotopic (exact) mass is 359 g/mol. The molecule has 1 fully saturated rings. The predicted molar refractivity (Wildman–Crippen MR) is 84.7 cm³/mol. The quantitative estimate of drug-likeness (QED) is 0.784. The lowest BCUT2D eigenvalue weighted by Gasteiger charge is -2.26. The molecule has 0 aromatic heterocycles. The molecular formula is C15H19BrClNO2. The van der Waals surface area contributed by atoms with Crippen molar-refractivity contribution in [1.29, 1.82) is 0 Å². The molecule has 2 rings (SSSR count). The highest BCUT2D eigenvalue weighted by molar-refractivity contribution is 9.09. The zero-order chi connectivity index (χ0) is 14.4. The van der Waals surface area contributed by atoms with E-state index in [0.29, 0.717) is 10.8 Å². The molecule has 0 unspecified atom stereocenters. The topological polar surface area (TPSA) is 38.3 Å². The number of alkyl halides is 1. The van der Waals surface area contributed by atoms with Gasteiger partial charge in [0.05, 0.1) is 0 Å². The average Bonchev–Trinajstić information content (AvgIpc) is 2.92. The van der Waals surface area contributed by atoms with Gasteiger partial charge in [-0.2, -0.15) is 0 Å². The number of hydrogen-bond acceptors (Lipinski definition) is 2. The molecule has 0 atom stereocenters. The maximum Gasteiger partial charge on any atom is 0.257 e. The molecule has 1 saturated carbocycles. The Hall–Kier alpha value is -0.740. The molecule has 1 aromatic rings. The van der Waals surface area contributed by atoms with Gasteiger partial charge < -0.3 is 10.1 Å². The number of rotatable bonds is 6. The first-order valence-corrected chi connectivity index (χ1v) is 8.35. The van der Waals surface area contributed by atoms with Crippen molar-refractivity contribution in [3.8, 4) is 5.75 Å². The van der Waals surface area contributed by atoms with Crippen LogP contribution in [0.3, 0.4) is 0 Å². The molecule has 0 saturated heterocycles. The second-order valence-corrected chi connectivity index (χ2v) is 6.36. The van der Waals surface area contributed by atoms with Gasteiger partial charge >= 0.3 is 0 Å². The van der Waals surface area contributed by atoms with E-state index in [0.717, 1.165) is 11.9 Å². The smallest absolute Gasteiger partial charge is 0.257 e. The van der Waals surface area contributed by atoms with E-state index in [1.54, 1.807) is 24.3 Å². The summed E-state index contributed by atoms with van der Waals surface area (Å²) in [4.78, 5) is 11.8. The van der Waals surface area contributed by atoms with Gasteiger partial charge in [-0.15, -0.1) is 0 Å². The molecule has 3 nitrogen and oxygen atoms in total. The van der Waals surface area contributed by atoms with Crippen molar-refractivity contribution in [2.24, 2.45) is 5.41 Å². The van der Waals surface area contributed by atoms with Gasteiger partial charge in [0, 0.05) is 16.9 Å². The van der Waals surface area contributed by atoms with Crippen molar-refractivity contribution in [3.63, 3.8) is 0 Å². The lowest BCUT2D eigenvalue weighted by atomic mass is 9.89. The highest BCUT2D eigenvalue weighted by Gasteiger charge is 2.32. The molecule has 1 N–H and O–H groups in total. The van der Waals surface area contributed by atoms with Gasteiger partial charge in [-0.3, -0.25) is 4.79 Å².